The molecular weight excluding hydrogens is 391 g/mol. The number of allylic oxidation sites excluding steroid dienone is 2. The number of aromatic nitrogens is 3. The van der Waals surface area contributed by atoms with Gasteiger partial charge in [0.2, 0.25) is 0 Å². The van der Waals surface area contributed by atoms with Crippen LogP contribution in [-0.2, 0) is 0 Å². The first-order valence-electron chi connectivity index (χ1n) is 10.5. The molecule has 0 unspecified atom stereocenters. The summed E-state index contributed by atoms with van der Waals surface area (Å²) >= 11 is 0. The molecule has 3 N–H and O–H groups in total. The number of halogens is 1. The lowest BCUT2D eigenvalue weighted by Gasteiger charge is -2.35. The van der Waals surface area contributed by atoms with E-state index in [9.17, 15) is 4.39 Å². The molecule has 4 rings (SSSR count). The Morgan fingerprint density at radius 3 is 3.03 bits per heavy atom. The molecule has 3 aromatic rings. The van der Waals surface area contributed by atoms with E-state index in [1.807, 2.05) is 25.1 Å². The minimum atomic E-state index is -0.302. The first-order chi connectivity index (χ1) is 15.1. The van der Waals surface area contributed by atoms with Crippen LogP contribution in [0.25, 0.3) is 27.7 Å². The largest absolute Gasteiger partial charge is 0.371 e. The summed E-state index contributed by atoms with van der Waals surface area (Å²) in [6.45, 7) is 8.15. The molecular formula is C24H27FN6. The van der Waals surface area contributed by atoms with E-state index in [0.29, 0.717) is 23.7 Å². The Hall–Kier alpha value is -3.32. The number of nitrogens with zero attached hydrogens (tertiary/aromatic N) is 4. The van der Waals surface area contributed by atoms with Crippen molar-refractivity contribution in [1.29, 1.82) is 0 Å². The van der Waals surface area contributed by atoms with E-state index in [2.05, 4.69) is 31.8 Å². The maximum Gasteiger partial charge on any atom is 0.132 e. The molecule has 0 saturated carbocycles. The first kappa shape index (κ1) is 20.9. The highest BCUT2D eigenvalue weighted by Crippen LogP contribution is 2.31. The second-order valence-electron chi connectivity index (χ2n) is 7.87. The molecule has 1 saturated heterocycles. The van der Waals surface area contributed by atoms with Crippen molar-refractivity contribution in [2.24, 2.45) is 16.6 Å². The van der Waals surface area contributed by atoms with Crippen LogP contribution in [0.3, 0.4) is 0 Å². The van der Waals surface area contributed by atoms with Gasteiger partial charge in [-0.25, -0.2) is 4.39 Å². The number of hydrogen-bond donors (Lipinski definition) is 2. The van der Waals surface area contributed by atoms with Crippen molar-refractivity contribution in [2.75, 3.05) is 19.6 Å². The lowest BCUT2D eigenvalue weighted by atomic mass is 9.96. The van der Waals surface area contributed by atoms with Crippen molar-refractivity contribution >= 4 is 23.2 Å². The standard InChI is InChI=1S/C24H27FN6/c1-16(23(9-10-27-2)31-11-5-6-17(13-26)15-31)21-12-19-22(14-28-21)29-30-24(19)18-7-3-4-8-20(18)25/h3-4,7-10,12,14,17H,2,5-6,11,13,15,26H2,1H3,(H,29,30)/b10-9-,23-16-/t17-/m0/s1. The molecule has 1 aliphatic heterocycles. The fraction of sp³-hybridized carbons (Fsp3) is 0.292. The molecule has 2 aromatic heterocycles. The smallest absolute Gasteiger partial charge is 0.132 e. The van der Waals surface area contributed by atoms with Crippen molar-refractivity contribution in [1.82, 2.24) is 20.1 Å². The number of benzene rings is 1. The quantitative estimate of drug-likeness (QED) is 0.460. The zero-order valence-corrected chi connectivity index (χ0v) is 17.7. The number of nitrogens with one attached hydrogen (secondary N) is 1. The fourth-order valence-electron chi connectivity index (χ4n) is 4.18. The number of nitrogens with two attached hydrogens (primary N) is 1. The highest BCUT2D eigenvalue weighted by atomic mass is 19.1. The van der Waals surface area contributed by atoms with Gasteiger partial charge < -0.3 is 10.6 Å². The Morgan fingerprint density at radius 1 is 1.42 bits per heavy atom. The predicted molar refractivity (Wildman–Crippen MR) is 124 cm³/mol. The molecule has 6 nitrogen and oxygen atoms in total. The van der Waals surface area contributed by atoms with Gasteiger partial charge in [-0.15, -0.1) is 0 Å². The van der Waals surface area contributed by atoms with Crippen LogP contribution in [-0.4, -0.2) is 46.4 Å². The second-order valence-corrected chi connectivity index (χ2v) is 7.87. The zero-order valence-electron chi connectivity index (χ0n) is 17.7. The van der Waals surface area contributed by atoms with Gasteiger partial charge in [0.1, 0.15) is 11.5 Å². The molecule has 0 radical (unpaired) electrons. The Balaban J connectivity index is 1.80. The number of hydrogen-bond acceptors (Lipinski definition) is 5. The number of rotatable bonds is 6. The van der Waals surface area contributed by atoms with E-state index < -0.39 is 0 Å². The number of fused-ring (bicyclic) bond motifs is 1. The van der Waals surface area contributed by atoms with Crippen LogP contribution in [0.4, 0.5) is 4.39 Å². The third-order valence-electron chi connectivity index (χ3n) is 5.88. The van der Waals surface area contributed by atoms with Gasteiger partial charge in [0.05, 0.1) is 17.4 Å². The van der Waals surface area contributed by atoms with Crippen LogP contribution in [0.2, 0.25) is 0 Å². The van der Waals surface area contributed by atoms with Crippen LogP contribution in [0.15, 0.2) is 59.5 Å². The molecule has 7 heteroatoms. The van der Waals surface area contributed by atoms with E-state index in [4.69, 9.17) is 5.73 Å². The van der Waals surface area contributed by atoms with Crippen LogP contribution in [0.5, 0.6) is 0 Å². The van der Waals surface area contributed by atoms with E-state index in [1.54, 1.807) is 24.5 Å². The maximum atomic E-state index is 14.4. The SMILES string of the molecule is C=N/C=C\C(=C(/C)c1cc2c(-c3ccccc3F)n[nH]c2cn1)N1CCC[C@@H](CN)C1. The molecule has 1 fully saturated rings. The fourth-order valence-corrected chi connectivity index (χ4v) is 4.18. The minimum Gasteiger partial charge on any atom is -0.371 e. The van der Waals surface area contributed by atoms with Crippen LogP contribution < -0.4 is 5.73 Å². The molecule has 0 spiro atoms. The van der Waals surface area contributed by atoms with Gasteiger partial charge in [-0.3, -0.25) is 15.1 Å². The molecule has 0 amide bonds. The number of H-pyrrole nitrogens is 1. The molecule has 31 heavy (non-hydrogen) atoms. The number of likely N-dealkylation sites (tertiary alicyclic amines) is 1. The van der Waals surface area contributed by atoms with Crippen molar-refractivity contribution < 1.29 is 4.39 Å². The summed E-state index contributed by atoms with van der Waals surface area (Å²) in [5.41, 5.74) is 10.6. The number of aliphatic imine (C=N–C) groups is 1. The van der Waals surface area contributed by atoms with Crippen molar-refractivity contribution in [2.45, 2.75) is 19.8 Å². The van der Waals surface area contributed by atoms with Crippen LogP contribution in [0, 0.1) is 11.7 Å². The Kier molecular flexibility index (Phi) is 6.23. The van der Waals surface area contributed by atoms with Crippen LogP contribution in [0.1, 0.15) is 25.5 Å². The Labute approximate surface area is 181 Å². The third kappa shape index (κ3) is 4.27. The average molecular weight is 419 g/mol. The lowest BCUT2D eigenvalue weighted by Crippen LogP contribution is -2.37. The highest BCUT2D eigenvalue weighted by Gasteiger charge is 2.22. The monoisotopic (exact) mass is 418 g/mol. The molecule has 1 aliphatic rings. The summed E-state index contributed by atoms with van der Waals surface area (Å²) in [6.07, 6.45) is 7.66. The van der Waals surface area contributed by atoms with Crippen molar-refractivity contribution in [3.63, 3.8) is 0 Å². The second kappa shape index (κ2) is 9.22. The Bertz CT molecular complexity index is 1150. The molecule has 0 aliphatic carbocycles. The number of piperidine rings is 1. The van der Waals surface area contributed by atoms with E-state index in [0.717, 1.165) is 53.8 Å². The zero-order chi connectivity index (χ0) is 21.8. The van der Waals surface area contributed by atoms with E-state index >= 15 is 0 Å². The van der Waals surface area contributed by atoms with Crippen LogP contribution >= 0.6 is 0 Å². The average Bonchev–Trinajstić information content (AvgIpc) is 3.22. The minimum absolute atomic E-state index is 0.302. The van der Waals surface area contributed by atoms with Gasteiger partial charge in [0.15, 0.2) is 0 Å². The van der Waals surface area contributed by atoms with E-state index in [-0.39, 0.29) is 5.82 Å². The number of pyridine rings is 1. The summed E-state index contributed by atoms with van der Waals surface area (Å²) < 4.78 is 14.4. The van der Waals surface area contributed by atoms with Gasteiger partial charge in [0, 0.05) is 35.9 Å². The number of aromatic amines is 1. The van der Waals surface area contributed by atoms with Crippen molar-refractivity contribution in [3.8, 4) is 11.3 Å². The Morgan fingerprint density at radius 2 is 2.26 bits per heavy atom. The molecule has 1 aromatic carbocycles. The van der Waals surface area contributed by atoms with Gasteiger partial charge >= 0.3 is 0 Å². The molecule has 1 atom stereocenters. The summed E-state index contributed by atoms with van der Waals surface area (Å²) in [4.78, 5) is 10.9. The summed E-state index contributed by atoms with van der Waals surface area (Å²) in [7, 11) is 0. The first-order valence-corrected chi connectivity index (χ1v) is 10.5. The lowest BCUT2D eigenvalue weighted by molar-refractivity contribution is 0.227. The van der Waals surface area contributed by atoms with Crippen molar-refractivity contribution in [3.05, 3.63) is 66.0 Å². The predicted octanol–water partition coefficient (Wildman–Crippen LogP) is 4.38. The van der Waals surface area contributed by atoms with Gasteiger partial charge in [0.25, 0.3) is 0 Å². The topological polar surface area (TPSA) is 83.2 Å². The molecule has 0 bridgehead atoms. The van der Waals surface area contributed by atoms with Gasteiger partial charge in [-0.2, -0.15) is 5.10 Å². The molecule has 160 valence electrons. The highest BCUT2D eigenvalue weighted by molar-refractivity contribution is 5.94. The molecule has 3 heterocycles. The van der Waals surface area contributed by atoms with Gasteiger partial charge in [-0.1, -0.05) is 12.1 Å². The maximum absolute atomic E-state index is 14.4. The normalized spacial score (nSPS) is 17.9. The summed E-state index contributed by atoms with van der Waals surface area (Å²) in [5, 5.41) is 8.14. The summed E-state index contributed by atoms with van der Waals surface area (Å²) in [5.74, 6) is 0.168. The third-order valence-corrected chi connectivity index (χ3v) is 5.88. The summed E-state index contributed by atoms with van der Waals surface area (Å²) in [6, 6.07) is 8.63. The van der Waals surface area contributed by atoms with E-state index in [1.165, 1.54) is 6.07 Å². The van der Waals surface area contributed by atoms with Gasteiger partial charge in [-0.05, 0) is 68.8 Å².